The van der Waals surface area contributed by atoms with Crippen molar-refractivity contribution in [2.45, 2.75) is 82.8 Å². The Morgan fingerprint density at radius 3 is 2.49 bits per heavy atom. The molecule has 0 saturated heterocycles. The highest BCUT2D eigenvalue weighted by Crippen LogP contribution is 2.43. The van der Waals surface area contributed by atoms with Crippen LogP contribution in [0.4, 0.5) is 13.2 Å². The zero-order chi connectivity index (χ0) is 28.2. The average molecular weight is 548 g/mol. The first-order valence-corrected chi connectivity index (χ1v) is 13.6. The van der Waals surface area contributed by atoms with Crippen molar-refractivity contribution in [1.29, 1.82) is 0 Å². The lowest BCUT2D eigenvalue weighted by molar-refractivity contribution is -0.136. The number of hydrogen-bond acceptors (Lipinski definition) is 5. The van der Waals surface area contributed by atoms with Crippen molar-refractivity contribution in [3.63, 3.8) is 0 Å². The summed E-state index contributed by atoms with van der Waals surface area (Å²) in [6.45, 7) is 2.47. The molecule has 39 heavy (non-hydrogen) atoms. The van der Waals surface area contributed by atoms with E-state index >= 15 is 0 Å². The van der Waals surface area contributed by atoms with E-state index in [2.05, 4.69) is 5.32 Å². The number of nitrogens with one attached hydrogen (secondary N) is 1. The fraction of sp³-hybridized carbons (Fsp3) is 0.552. The third kappa shape index (κ3) is 6.78. The molecule has 10 heteroatoms. The molecule has 1 amide bonds. The lowest BCUT2D eigenvalue weighted by Crippen LogP contribution is -2.52. The van der Waals surface area contributed by atoms with Crippen LogP contribution in [0.2, 0.25) is 0 Å². The van der Waals surface area contributed by atoms with E-state index < -0.39 is 29.6 Å². The maximum absolute atomic E-state index is 13.4. The quantitative estimate of drug-likeness (QED) is 0.403. The maximum atomic E-state index is 13.4. The fourth-order valence-corrected chi connectivity index (χ4v) is 5.86. The number of carbonyl (C=O) groups excluding carboxylic acids is 1. The lowest BCUT2D eigenvalue weighted by Gasteiger charge is -2.42. The number of aliphatic hydroxyl groups is 1. The van der Waals surface area contributed by atoms with E-state index in [1.54, 1.807) is 18.2 Å². The Hall–Kier alpha value is -2.98. The second kappa shape index (κ2) is 12.0. The molecular formula is C29H36F3N3O4. The summed E-state index contributed by atoms with van der Waals surface area (Å²) in [6, 6.07) is 6.97. The highest BCUT2D eigenvalue weighted by Gasteiger charge is 2.49. The van der Waals surface area contributed by atoms with E-state index in [1.165, 1.54) is 0 Å². The number of benzene rings is 1. The number of aliphatic carboxylic acids is 1. The molecule has 0 radical (unpaired) electrons. The van der Waals surface area contributed by atoms with Crippen molar-refractivity contribution < 1.29 is 33.0 Å². The second-order valence-electron chi connectivity index (χ2n) is 10.7. The smallest absolute Gasteiger partial charge is 0.412 e. The Morgan fingerprint density at radius 1 is 1.15 bits per heavy atom. The molecule has 1 aromatic carbocycles. The first-order valence-electron chi connectivity index (χ1n) is 13.6. The minimum absolute atomic E-state index is 0.0426. The minimum atomic E-state index is -4.41. The molecule has 0 bridgehead atoms. The van der Waals surface area contributed by atoms with Gasteiger partial charge >= 0.3 is 12.1 Å². The molecule has 2 unspecified atom stereocenters. The van der Waals surface area contributed by atoms with E-state index in [0.29, 0.717) is 29.8 Å². The van der Waals surface area contributed by atoms with Crippen LogP contribution in [0, 0.1) is 5.92 Å². The SMILES string of the molecule is CC1(C2CCCCC2)N=C(C2=CCCC(C(F)(F)F)=C2)C(O)N1CCc1ccc(C(=O)NCCC(=O)O)cc1. The van der Waals surface area contributed by atoms with Crippen molar-refractivity contribution in [2.75, 3.05) is 13.1 Å². The van der Waals surface area contributed by atoms with Crippen LogP contribution in [-0.2, 0) is 11.2 Å². The molecule has 0 aromatic heterocycles. The first-order chi connectivity index (χ1) is 18.5. The van der Waals surface area contributed by atoms with Gasteiger partial charge in [0.2, 0.25) is 0 Å². The number of aliphatic hydroxyl groups excluding tert-OH is 1. The van der Waals surface area contributed by atoms with Gasteiger partial charge in [0, 0.05) is 24.2 Å². The molecule has 7 nitrogen and oxygen atoms in total. The number of amides is 1. The molecule has 3 N–H and O–H groups in total. The molecule has 4 rings (SSSR count). The Balaban J connectivity index is 1.50. The molecule has 212 valence electrons. The normalized spacial score (nSPS) is 24.6. The first kappa shape index (κ1) is 29.0. The summed E-state index contributed by atoms with van der Waals surface area (Å²) < 4.78 is 40.3. The van der Waals surface area contributed by atoms with Crippen LogP contribution in [0.25, 0.3) is 0 Å². The van der Waals surface area contributed by atoms with Crippen LogP contribution in [0.3, 0.4) is 0 Å². The van der Waals surface area contributed by atoms with Gasteiger partial charge in [-0.05, 0) is 74.3 Å². The molecule has 3 aliphatic rings. The van der Waals surface area contributed by atoms with Gasteiger partial charge in [0.1, 0.15) is 5.66 Å². The largest absolute Gasteiger partial charge is 0.481 e. The van der Waals surface area contributed by atoms with Crippen molar-refractivity contribution in [3.05, 3.63) is 58.7 Å². The van der Waals surface area contributed by atoms with Gasteiger partial charge in [-0.2, -0.15) is 13.2 Å². The fourth-order valence-electron chi connectivity index (χ4n) is 5.86. The summed E-state index contributed by atoms with van der Waals surface area (Å²) in [5, 5.41) is 22.7. The summed E-state index contributed by atoms with van der Waals surface area (Å²) in [5.74, 6) is -1.16. The predicted octanol–water partition coefficient (Wildman–Crippen LogP) is 5.01. The number of carboxylic acid groups (broad SMARTS) is 1. The van der Waals surface area contributed by atoms with Gasteiger partial charge in [0.05, 0.1) is 12.1 Å². The van der Waals surface area contributed by atoms with Crippen LogP contribution >= 0.6 is 0 Å². The number of halogens is 3. The number of nitrogens with zero attached hydrogens (tertiary/aromatic N) is 2. The highest BCUT2D eigenvalue weighted by atomic mass is 19.4. The zero-order valence-electron chi connectivity index (χ0n) is 22.1. The van der Waals surface area contributed by atoms with E-state index in [0.717, 1.165) is 43.7 Å². The Labute approximate surface area is 226 Å². The third-order valence-corrected chi connectivity index (χ3v) is 8.10. The average Bonchev–Trinajstić information content (AvgIpc) is 3.18. The van der Waals surface area contributed by atoms with Gasteiger partial charge in [-0.1, -0.05) is 37.5 Å². The van der Waals surface area contributed by atoms with E-state index in [1.807, 2.05) is 24.0 Å². The second-order valence-corrected chi connectivity index (χ2v) is 10.7. The number of carboxylic acids is 1. The number of aliphatic imine (C=N–C) groups is 1. The minimum Gasteiger partial charge on any atom is -0.481 e. The summed E-state index contributed by atoms with van der Waals surface area (Å²) >= 11 is 0. The Kier molecular flexibility index (Phi) is 8.96. The van der Waals surface area contributed by atoms with Crippen LogP contribution < -0.4 is 5.32 Å². The maximum Gasteiger partial charge on any atom is 0.412 e. The lowest BCUT2D eigenvalue weighted by atomic mass is 9.80. The number of alkyl halides is 3. The molecule has 1 heterocycles. The number of carbonyl (C=O) groups is 2. The van der Waals surface area contributed by atoms with Gasteiger partial charge in [-0.15, -0.1) is 0 Å². The van der Waals surface area contributed by atoms with E-state index in [4.69, 9.17) is 10.1 Å². The van der Waals surface area contributed by atoms with Crippen molar-refractivity contribution in [3.8, 4) is 0 Å². The van der Waals surface area contributed by atoms with Crippen LogP contribution in [-0.4, -0.2) is 63.9 Å². The molecule has 1 fully saturated rings. The van der Waals surface area contributed by atoms with Crippen LogP contribution in [0.15, 0.2) is 52.6 Å². The molecule has 1 aliphatic heterocycles. The Morgan fingerprint density at radius 2 is 1.85 bits per heavy atom. The number of hydrogen-bond donors (Lipinski definition) is 3. The topological polar surface area (TPSA) is 102 Å². The third-order valence-electron chi connectivity index (χ3n) is 8.10. The summed E-state index contributed by atoms with van der Waals surface area (Å²) in [5.41, 5.74) is 0.671. The van der Waals surface area contributed by atoms with Crippen molar-refractivity contribution in [2.24, 2.45) is 10.9 Å². The molecule has 2 aliphatic carbocycles. The van der Waals surface area contributed by atoms with Crippen molar-refractivity contribution >= 4 is 17.6 Å². The molecule has 1 aromatic rings. The number of rotatable bonds is 9. The highest BCUT2D eigenvalue weighted by molar-refractivity contribution is 6.07. The van der Waals surface area contributed by atoms with Crippen LogP contribution in [0.1, 0.15) is 74.2 Å². The Bertz CT molecular complexity index is 1150. The zero-order valence-corrected chi connectivity index (χ0v) is 22.1. The molecule has 1 saturated carbocycles. The predicted molar refractivity (Wildman–Crippen MR) is 141 cm³/mol. The summed E-state index contributed by atoms with van der Waals surface area (Å²) in [6.07, 6.45) is 3.08. The van der Waals surface area contributed by atoms with E-state index in [-0.39, 0.29) is 37.6 Å². The number of allylic oxidation sites excluding steroid dienone is 3. The molecule has 0 spiro atoms. The van der Waals surface area contributed by atoms with Gasteiger partial charge in [-0.3, -0.25) is 14.6 Å². The summed E-state index contributed by atoms with van der Waals surface area (Å²) in [7, 11) is 0. The van der Waals surface area contributed by atoms with Gasteiger partial charge in [0.15, 0.2) is 6.23 Å². The van der Waals surface area contributed by atoms with Gasteiger partial charge in [-0.25, -0.2) is 4.90 Å². The van der Waals surface area contributed by atoms with Crippen LogP contribution in [0.5, 0.6) is 0 Å². The van der Waals surface area contributed by atoms with E-state index in [9.17, 15) is 27.9 Å². The monoisotopic (exact) mass is 547 g/mol. The standard InChI is InChI=1S/C29H36F3N3O4/c1-28(22-7-3-2-4-8-22)34-25(21-6-5-9-23(18-21)29(30,31)32)27(39)35(28)17-15-19-10-12-20(13-11-19)26(38)33-16-14-24(36)37/h6,10-13,18,22,27,39H,2-5,7-9,14-17H2,1H3,(H,33,38)(H,36,37). The van der Waals surface area contributed by atoms with Crippen molar-refractivity contribution in [1.82, 2.24) is 10.2 Å². The summed E-state index contributed by atoms with van der Waals surface area (Å²) in [4.78, 5) is 29.8. The molecular weight excluding hydrogens is 511 g/mol. The molecule has 2 atom stereocenters. The van der Waals surface area contributed by atoms with Gasteiger partial charge < -0.3 is 15.5 Å². The van der Waals surface area contributed by atoms with Gasteiger partial charge in [0.25, 0.3) is 5.91 Å².